The molecule has 0 aliphatic heterocycles. The number of nitrogens with one attached hydrogen (secondary N) is 1. The molecule has 1 heterocycles. The predicted octanol–water partition coefficient (Wildman–Crippen LogP) is 5.12. The van der Waals surface area contributed by atoms with Gasteiger partial charge in [0.1, 0.15) is 11.4 Å². The number of rotatable bonds is 8. The Morgan fingerprint density at radius 3 is 1.88 bits per heavy atom. The second-order valence-corrected chi connectivity index (χ2v) is 11.0. The van der Waals surface area contributed by atoms with Gasteiger partial charge < -0.3 is 5.32 Å². The number of aryl methyl sites for hydroxylation is 2. The largest absolute Gasteiger partial charge is 0.325 e. The molecule has 0 unspecified atom stereocenters. The van der Waals surface area contributed by atoms with Crippen molar-refractivity contribution in [1.29, 1.82) is 0 Å². The molecule has 0 saturated heterocycles. The molecule has 3 aromatic rings. The Labute approximate surface area is 202 Å². The Bertz CT molecular complexity index is 1260. The van der Waals surface area contributed by atoms with Crippen LogP contribution in [0, 0.1) is 13.8 Å². The number of aromatic nitrogens is 2. The molecular formula is C26H34N4O3S. The highest BCUT2D eigenvalue weighted by atomic mass is 32.2. The van der Waals surface area contributed by atoms with Crippen molar-refractivity contribution < 1.29 is 13.2 Å². The minimum absolute atomic E-state index is 0.122. The highest BCUT2D eigenvalue weighted by Crippen LogP contribution is 2.29. The van der Waals surface area contributed by atoms with E-state index < -0.39 is 15.9 Å². The zero-order valence-corrected chi connectivity index (χ0v) is 21.8. The maximum Gasteiger partial charge on any atom is 0.268 e. The van der Waals surface area contributed by atoms with E-state index in [2.05, 4.69) is 38.1 Å². The first-order valence-corrected chi connectivity index (χ1v) is 12.9. The van der Waals surface area contributed by atoms with Gasteiger partial charge >= 0.3 is 0 Å². The molecule has 1 N–H and O–H groups in total. The molecule has 0 aliphatic carbocycles. The number of benzene rings is 2. The van der Waals surface area contributed by atoms with E-state index in [-0.39, 0.29) is 11.4 Å². The fourth-order valence-electron chi connectivity index (χ4n) is 3.86. The third-order valence-electron chi connectivity index (χ3n) is 5.99. The number of carbonyl (C=O) groups is 1. The van der Waals surface area contributed by atoms with Crippen molar-refractivity contribution in [2.75, 3.05) is 16.2 Å². The zero-order chi connectivity index (χ0) is 25.2. The first kappa shape index (κ1) is 25.5. The van der Waals surface area contributed by atoms with E-state index in [1.165, 1.54) is 0 Å². The van der Waals surface area contributed by atoms with E-state index in [0.717, 1.165) is 15.4 Å². The molecule has 182 valence electrons. The van der Waals surface area contributed by atoms with Crippen LogP contribution in [0.5, 0.6) is 0 Å². The van der Waals surface area contributed by atoms with Crippen molar-refractivity contribution in [1.82, 2.24) is 9.78 Å². The lowest BCUT2D eigenvalue weighted by Gasteiger charge is -2.25. The Kier molecular flexibility index (Phi) is 7.51. The minimum Gasteiger partial charge on any atom is -0.325 e. The first-order chi connectivity index (χ1) is 15.9. The van der Waals surface area contributed by atoms with Gasteiger partial charge in [0.15, 0.2) is 0 Å². The summed E-state index contributed by atoms with van der Waals surface area (Å²) in [4.78, 5) is 13.1. The standard InChI is InChI=1S/C26H34N4O3S/c1-17(2)21-8-12-23(13-9-21)27-25(31)16-30(24-14-10-22(11-15-24)18(3)4)34(32,33)26-19(5)28-29(7)20(26)6/h8-15,17-18H,16H2,1-7H3,(H,27,31). The van der Waals surface area contributed by atoms with Gasteiger partial charge in [-0.2, -0.15) is 5.10 Å². The van der Waals surface area contributed by atoms with Crippen molar-refractivity contribution in [3.63, 3.8) is 0 Å². The average Bonchev–Trinajstić information content (AvgIpc) is 3.04. The molecule has 2 aromatic carbocycles. The van der Waals surface area contributed by atoms with Crippen LogP contribution in [0.3, 0.4) is 0 Å². The van der Waals surface area contributed by atoms with Crippen LogP contribution >= 0.6 is 0 Å². The number of amides is 1. The molecule has 1 aromatic heterocycles. The van der Waals surface area contributed by atoms with Gasteiger partial charge in [0.05, 0.1) is 17.1 Å². The van der Waals surface area contributed by atoms with Gasteiger partial charge in [-0.1, -0.05) is 52.0 Å². The van der Waals surface area contributed by atoms with Gasteiger partial charge in [-0.15, -0.1) is 0 Å². The first-order valence-electron chi connectivity index (χ1n) is 11.4. The fraction of sp³-hybridized carbons (Fsp3) is 0.385. The molecule has 0 fully saturated rings. The van der Waals surface area contributed by atoms with Crippen LogP contribution in [0.2, 0.25) is 0 Å². The van der Waals surface area contributed by atoms with Crippen LogP contribution in [0.25, 0.3) is 0 Å². The summed E-state index contributed by atoms with van der Waals surface area (Å²) in [5, 5.41) is 7.10. The lowest BCUT2D eigenvalue weighted by atomic mass is 10.0. The van der Waals surface area contributed by atoms with E-state index in [0.29, 0.717) is 34.6 Å². The van der Waals surface area contributed by atoms with E-state index in [4.69, 9.17) is 0 Å². The highest BCUT2D eigenvalue weighted by Gasteiger charge is 2.32. The van der Waals surface area contributed by atoms with Crippen molar-refractivity contribution in [3.05, 3.63) is 71.0 Å². The molecule has 3 rings (SSSR count). The number of sulfonamides is 1. The van der Waals surface area contributed by atoms with Gasteiger partial charge in [0.25, 0.3) is 10.0 Å². The summed E-state index contributed by atoms with van der Waals surface area (Å²) in [6.45, 7) is 11.4. The number of anilines is 2. The lowest BCUT2D eigenvalue weighted by Crippen LogP contribution is -2.38. The molecule has 0 radical (unpaired) electrons. The van der Waals surface area contributed by atoms with Gasteiger partial charge in [-0.3, -0.25) is 13.8 Å². The Balaban J connectivity index is 1.97. The summed E-state index contributed by atoms with van der Waals surface area (Å²) in [5.41, 5.74) is 4.21. The summed E-state index contributed by atoms with van der Waals surface area (Å²) >= 11 is 0. The zero-order valence-electron chi connectivity index (χ0n) is 21.0. The Morgan fingerprint density at radius 2 is 1.44 bits per heavy atom. The Morgan fingerprint density at radius 1 is 0.941 bits per heavy atom. The van der Waals surface area contributed by atoms with Gasteiger partial charge in [-0.25, -0.2) is 8.42 Å². The van der Waals surface area contributed by atoms with E-state index in [9.17, 15) is 13.2 Å². The predicted molar refractivity (Wildman–Crippen MR) is 137 cm³/mol. The SMILES string of the molecule is Cc1nn(C)c(C)c1S(=O)(=O)N(CC(=O)Nc1ccc(C(C)C)cc1)c1ccc(C(C)C)cc1. The Hall–Kier alpha value is -3.13. The van der Waals surface area contributed by atoms with Crippen LogP contribution in [-0.2, 0) is 21.9 Å². The van der Waals surface area contributed by atoms with Crippen LogP contribution < -0.4 is 9.62 Å². The summed E-state index contributed by atoms with van der Waals surface area (Å²) in [7, 11) is -2.34. The van der Waals surface area contributed by atoms with E-state index in [1.807, 2.05) is 36.4 Å². The molecule has 0 aliphatic rings. The summed E-state index contributed by atoms with van der Waals surface area (Å²) < 4.78 is 30.3. The van der Waals surface area contributed by atoms with Crippen molar-refractivity contribution in [2.45, 2.75) is 58.3 Å². The third-order valence-corrected chi connectivity index (χ3v) is 8.01. The normalized spacial score (nSPS) is 11.8. The smallest absolute Gasteiger partial charge is 0.268 e. The fourth-order valence-corrected chi connectivity index (χ4v) is 5.69. The molecule has 34 heavy (non-hydrogen) atoms. The average molecular weight is 483 g/mol. The van der Waals surface area contributed by atoms with Crippen LogP contribution in [0.4, 0.5) is 11.4 Å². The number of hydrogen-bond acceptors (Lipinski definition) is 4. The molecule has 7 nitrogen and oxygen atoms in total. The number of carbonyl (C=O) groups excluding carboxylic acids is 1. The monoisotopic (exact) mass is 482 g/mol. The summed E-state index contributed by atoms with van der Waals surface area (Å²) in [6.07, 6.45) is 0. The van der Waals surface area contributed by atoms with Gasteiger partial charge in [0, 0.05) is 12.7 Å². The second-order valence-electron chi connectivity index (χ2n) is 9.21. The van der Waals surface area contributed by atoms with Crippen LogP contribution in [0.1, 0.15) is 62.0 Å². The van der Waals surface area contributed by atoms with Gasteiger partial charge in [0.2, 0.25) is 5.91 Å². The maximum atomic E-state index is 13.8. The molecule has 0 bridgehead atoms. The highest BCUT2D eigenvalue weighted by molar-refractivity contribution is 7.93. The second kappa shape index (κ2) is 10.0. The number of hydrogen-bond donors (Lipinski definition) is 1. The third kappa shape index (κ3) is 5.33. The topological polar surface area (TPSA) is 84.3 Å². The summed E-state index contributed by atoms with van der Waals surface area (Å²) in [6, 6.07) is 14.9. The lowest BCUT2D eigenvalue weighted by molar-refractivity contribution is -0.114. The van der Waals surface area contributed by atoms with Crippen LogP contribution in [-0.4, -0.2) is 30.7 Å². The maximum absolute atomic E-state index is 13.8. The molecule has 1 amide bonds. The molecule has 0 saturated carbocycles. The van der Waals surface area contributed by atoms with E-state index in [1.54, 1.807) is 37.7 Å². The number of nitrogens with zero attached hydrogens (tertiary/aromatic N) is 3. The van der Waals surface area contributed by atoms with Gasteiger partial charge in [-0.05, 0) is 61.1 Å². The van der Waals surface area contributed by atoms with Crippen molar-refractivity contribution >= 4 is 27.3 Å². The van der Waals surface area contributed by atoms with Crippen molar-refractivity contribution in [2.24, 2.45) is 7.05 Å². The quantitative estimate of drug-likeness (QED) is 0.483. The van der Waals surface area contributed by atoms with E-state index >= 15 is 0 Å². The molecular weight excluding hydrogens is 448 g/mol. The summed E-state index contributed by atoms with van der Waals surface area (Å²) in [5.74, 6) is 0.261. The minimum atomic E-state index is -4.04. The molecule has 0 atom stereocenters. The molecule has 0 spiro atoms. The van der Waals surface area contributed by atoms with Crippen molar-refractivity contribution in [3.8, 4) is 0 Å². The van der Waals surface area contributed by atoms with Crippen LogP contribution in [0.15, 0.2) is 53.4 Å². The molecule has 8 heteroatoms.